The summed E-state index contributed by atoms with van der Waals surface area (Å²) in [4.78, 5) is 21.4. The molecular weight excluding hydrogens is 452 g/mol. The minimum Gasteiger partial charge on any atom is -0.447 e. The van der Waals surface area contributed by atoms with Gasteiger partial charge in [-0.25, -0.2) is 4.98 Å². The van der Waals surface area contributed by atoms with Crippen LogP contribution in [0.3, 0.4) is 0 Å². The van der Waals surface area contributed by atoms with E-state index < -0.39 is 0 Å². The van der Waals surface area contributed by atoms with Gasteiger partial charge in [-0.3, -0.25) is 9.69 Å². The SMILES string of the molecule is CCC(CC)C(=O)Nc1ccc(N2CCN(C(c3ccc(C#N)cc3)c3ncco3)CC2)c(C#N)c1. The maximum atomic E-state index is 12.5. The summed E-state index contributed by atoms with van der Waals surface area (Å²) in [7, 11) is 0. The Labute approximate surface area is 211 Å². The van der Waals surface area contributed by atoms with Gasteiger partial charge in [0.05, 0.1) is 29.1 Å². The summed E-state index contributed by atoms with van der Waals surface area (Å²) in [5.74, 6) is 0.574. The zero-order valence-electron chi connectivity index (χ0n) is 20.6. The molecule has 1 unspecified atom stereocenters. The fraction of sp³-hybridized carbons (Fsp3) is 0.357. The number of nitriles is 2. The summed E-state index contributed by atoms with van der Waals surface area (Å²) in [6, 6.07) is 17.4. The number of anilines is 2. The number of aromatic nitrogens is 1. The van der Waals surface area contributed by atoms with E-state index in [1.54, 1.807) is 18.5 Å². The number of nitrogens with zero attached hydrogens (tertiary/aromatic N) is 5. The van der Waals surface area contributed by atoms with Crippen molar-refractivity contribution in [2.75, 3.05) is 36.4 Å². The average Bonchev–Trinajstić information content (AvgIpc) is 3.45. The Kier molecular flexibility index (Phi) is 7.99. The first-order valence-corrected chi connectivity index (χ1v) is 12.3. The van der Waals surface area contributed by atoms with Crippen molar-refractivity contribution in [2.45, 2.75) is 32.7 Å². The molecule has 1 fully saturated rings. The predicted octanol–water partition coefficient (Wildman–Crippen LogP) is 4.70. The van der Waals surface area contributed by atoms with E-state index in [1.165, 1.54) is 0 Å². The van der Waals surface area contributed by atoms with E-state index in [-0.39, 0.29) is 17.9 Å². The second-order valence-electron chi connectivity index (χ2n) is 8.88. The maximum absolute atomic E-state index is 12.5. The van der Waals surface area contributed by atoms with Crippen LogP contribution in [0.1, 0.15) is 55.3 Å². The molecule has 8 nitrogen and oxygen atoms in total. The Bertz CT molecular complexity index is 1240. The quantitative estimate of drug-likeness (QED) is 0.495. The number of amides is 1. The molecule has 1 atom stereocenters. The van der Waals surface area contributed by atoms with Crippen molar-refractivity contribution < 1.29 is 9.21 Å². The molecule has 2 heterocycles. The molecule has 36 heavy (non-hydrogen) atoms. The fourth-order valence-corrected chi connectivity index (χ4v) is 4.72. The Morgan fingerprint density at radius 3 is 2.36 bits per heavy atom. The molecule has 3 aromatic rings. The number of hydrogen-bond acceptors (Lipinski definition) is 7. The maximum Gasteiger partial charge on any atom is 0.227 e. The number of benzene rings is 2. The molecule has 1 aliphatic heterocycles. The molecule has 0 aliphatic carbocycles. The normalized spacial score (nSPS) is 14.8. The molecule has 2 aromatic carbocycles. The van der Waals surface area contributed by atoms with E-state index in [0.29, 0.717) is 22.7 Å². The van der Waals surface area contributed by atoms with Crippen LogP contribution in [0.4, 0.5) is 11.4 Å². The lowest BCUT2D eigenvalue weighted by Gasteiger charge is -2.39. The molecule has 0 spiro atoms. The van der Waals surface area contributed by atoms with Gasteiger partial charge in [0, 0.05) is 37.8 Å². The third-order valence-electron chi connectivity index (χ3n) is 6.80. The summed E-state index contributed by atoms with van der Waals surface area (Å²) < 4.78 is 5.68. The van der Waals surface area contributed by atoms with Crippen LogP contribution < -0.4 is 10.2 Å². The standard InChI is InChI=1S/C28H30N6O2/c1-3-21(4-2)27(35)32-24-9-10-25(23(17-24)19-30)33-12-14-34(15-13-33)26(28-31-11-16-36-28)22-7-5-20(18-29)6-8-22/h5-11,16-17,21,26H,3-4,12-15H2,1-2H3,(H,32,35). The van der Waals surface area contributed by atoms with Gasteiger partial charge in [-0.1, -0.05) is 26.0 Å². The third kappa shape index (κ3) is 5.40. The molecular formula is C28H30N6O2. The van der Waals surface area contributed by atoms with Crippen molar-refractivity contribution in [1.29, 1.82) is 10.5 Å². The number of carbonyl (C=O) groups is 1. The van der Waals surface area contributed by atoms with Crippen LogP contribution in [-0.2, 0) is 4.79 Å². The summed E-state index contributed by atoms with van der Waals surface area (Å²) in [5.41, 5.74) is 3.68. The fourth-order valence-electron chi connectivity index (χ4n) is 4.72. The monoisotopic (exact) mass is 482 g/mol. The molecule has 1 N–H and O–H groups in total. The van der Waals surface area contributed by atoms with Gasteiger partial charge in [-0.05, 0) is 48.7 Å². The minimum absolute atomic E-state index is 0.00867. The Balaban J connectivity index is 1.48. The Morgan fingerprint density at radius 2 is 1.78 bits per heavy atom. The van der Waals surface area contributed by atoms with Crippen molar-refractivity contribution in [1.82, 2.24) is 9.88 Å². The molecule has 184 valence electrons. The highest BCUT2D eigenvalue weighted by atomic mass is 16.3. The first-order chi connectivity index (χ1) is 17.6. The van der Waals surface area contributed by atoms with E-state index in [4.69, 9.17) is 9.68 Å². The van der Waals surface area contributed by atoms with E-state index in [1.807, 2.05) is 50.2 Å². The van der Waals surface area contributed by atoms with Crippen molar-refractivity contribution in [3.63, 3.8) is 0 Å². The van der Waals surface area contributed by atoms with Crippen molar-refractivity contribution >= 4 is 17.3 Å². The first kappa shape index (κ1) is 25.0. The number of piperazine rings is 1. The van der Waals surface area contributed by atoms with Crippen LogP contribution in [0.2, 0.25) is 0 Å². The second-order valence-corrected chi connectivity index (χ2v) is 8.88. The van der Waals surface area contributed by atoms with Crippen LogP contribution in [-0.4, -0.2) is 42.0 Å². The highest BCUT2D eigenvalue weighted by molar-refractivity contribution is 5.93. The third-order valence-corrected chi connectivity index (χ3v) is 6.80. The van der Waals surface area contributed by atoms with Crippen molar-refractivity contribution in [3.8, 4) is 12.1 Å². The van der Waals surface area contributed by atoms with E-state index in [0.717, 1.165) is 50.3 Å². The number of rotatable bonds is 8. The molecule has 1 saturated heterocycles. The molecule has 1 amide bonds. The van der Waals surface area contributed by atoms with Gasteiger partial charge >= 0.3 is 0 Å². The van der Waals surface area contributed by atoms with E-state index >= 15 is 0 Å². The van der Waals surface area contributed by atoms with Crippen LogP contribution in [0.15, 0.2) is 59.3 Å². The van der Waals surface area contributed by atoms with Crippen LogP contribution in [0.5, 0.6) is 0 Å². The molecule has 8 heteroatoms. The van der Waals surface area contributed by atoms with Gasteiger partial charge in [0.1, 0.15) is 18.4 Å². The summed E-state index contributed by atoms with van der Waals surface area (Å²) in [6.45, 7) is 6.94. The largest absolute Gasteiger partial charge is 0.447 e. The second kappa shape index (κ2) is 11.5. The summed E-state index contributed by atoms with van der Waals surface area (Å²) >= 11 is 0. The van der Waals surface area contributed by atoms with Gasteiger partial charge < -0.3 is 14.6 Å². The van der Waals surface area contributed by atoms with E-state index in [9.17, 15) is 10.1 Å². The zero-order chi connectivity index (χ0) is 25.5. The van der Waals surface area contributed by atoms with Crippen LogP contribution in [0.25, 0.3) is 0 Å². The van der Waals surface area contributed by atoms with Gasteiger partial charge in [-0.2, -0.15) is 10.5 Å². The van der Waals surface area contributed by atoms with Crippen molar-refractivity contribution in [3.05, 3.63) is 77.5 Å². The number of nitrogens with one attached hydrogen (secondary N) is 1. The summed E-state index contributed by atoms with van der Waals surface area (Å²) in [6.07, 6.45) is 4.79. The predicted molar refractivity (Wildman–Crippen MR) is 137 cm³/mol. The molecule has 1 aliphatic rings. The molecule has 4 rings (SSSR count). The number of carbonyl (C=O) groups excluding carboxylic acids is 1. The van der Waals surface area contributed by atoms with Crippen molar-refractivity contribution in [2.24, 2.45) is 5.92 Å². The lowest BCUT2D eigenvalue weighted by atomic mass is 10.0. The Morgan fingerprint density at radius 1 is 1.06 bits per heavy atom. The van der Waals surface area contributed by atoms with Gasteiger partial charge in [-0.15, -0.1) is 0 Å². The lowest BCUT2D eigenvalue weighted by Crippen LogP contribution is -2.48. The van der Waals surface area contributed by atoms with Crippen LogP contribution >= 0.6 is 0 Å². The first-order valence-electron chi connectivity index (χ1n) is 12.3. The van der Waals surface area contributed by atoms with Gasteiger partial charge in [0.25, 0.3) is 0 Å². The minimum atomic E-state index is -0.159. The molecule has 1 aromatic heterocycles. The highest BCUT2D eigenvalue weighted by Gasteiger charge is 2.30. The Hall–Kier alpha value is -4.14. The molecule has 0 radical (unpaired) electrons. The molecule has 0 saturated carbocycles. The van der Waals surface area contributed by atoms with Gasteiger partial charge in [0.2, 0.25) is 11.8 Å². The molecule has 0 bridgehead atoms. The van der Waals surface area contributed by atoms with Gasteiger partial charge in [0.15, 0.2) is 0 Å². The highest BCUT2D eigenvalue weighted by Crippen LogP contribution is 2.31. The summed E-state index contributed by atoms with van der Waals surface area (Å²) in [5, 5.41) is 21.9. The lowest BCUT2D eigenvalue weighted by molar-refractivity contribution is -0.120. The number of hydrogen-bond donors (Lipinski definition) is 1. The zero-order valence-corrected chi connectivity index (χ0v) is 20.6. The van der Waals surface area contributed by atoms with E-state index in [2.05, 4.69) is 32.2 Å². The topological polar surface area (TPSA) is 109 Å². The number of oxazole rings is 1. The average molecular weight is 483 g/mol. The van der Waals surface area contributed by atoms with Crippen LogP contribution in [0, 0.1) is 28.6 Å². The smallest absolute Gasteiger partial charge is 0.227 e.